The van der Waals surface area contributed by atoms with Crippen LogP contribution in [0.4, 0.5) is 22.0 Å². The zero-order chi connectivity index (χ0) is 19.8. The lowest BCUT2D eigenvalue weighted by Crippen LogP contribution is -2.28. The highest BCUT2D eigenvalue weighted by Crippen LogP contribution is 2.30. The predicted molar refractivity (Wildman–Crippen MR) is 86.5 cm³/mol. The number of benzene rings is 2. The first-order valence-electron chi connectivity index (χ1n) is 7.39. The van der Waals surface area contributed by atoms with E-state index in [0.717, 1.165) is 5.39 Å². The molecule has 0 radical (unpaired) electrons. The summed E-state index contributed by atoms with van der Waals surface area (Å²) in [5.74, 6) is -3.56. The van der Waals surface area contributed by atoms with Gasteiger partial charge in [-0.1, -0.05) is 18.2 Å². The number of alkyl halides is 3. The van der Waals surface area contributed by atoms with Crippen molar-refractivity contribution in [2.24, 2.45) is 0 Å². The minimum atomic E-state index is -6.03. The van der Waals surface area contributed by atoms with Gasteiger partial charge in [0, 0.05) is 41.9 Å². The molecule has 0 bridgehead atoms. The largest absolute Gasteiger partial charge is 0.534 e. The van der Waals surface area contributed by atoms with Crippen LogP contribution in [-0.4, -0.2) is 18.9 Å². The Hall–Kier alpha value is -2.75. The third kappa shape index (κ3) is 3.85. The van der Waals surface area contributed by atoms with Crippen LogP contribution in [0, 0.1) is 11.6 Å². The Labute approximate surface area is 150 Å². The van der Waals surface area contributed by atoms with Crippen molar-refractivity contribution in [2.45, 2.75) is 11.9 Å². The lowest BCUT2D eigenvalue weighted by Gasteiger charge is -2.12. The Morgan fingerprint density at radius 1 is 1.04 bits per heavy atom. The van der Waals surface area contributed by atoms with Crippen molar-refractivity contribution in [3.05, 3.63) is 71.6 Å². The molecule has 0 spiro atoms. The molecule has 0 N–H and O–H groups in total. The van der Waals surface area contributed by atoms with Gasteiger partial charge in [-0.25, -0.2) is 8.78 Å². The summed E-state index contributed by atoms with van der Waals surface area (Å²) in [6.45, 7) is 0. The van der Waals surface area contributed by atoms with Crippen molar-refractivity contribution >= 4 is 20.9 Å². The van der Waals surface area contributed by atoms with Crippen LogP contribution in [0.25, 0.3) is 10.8 Å². The SMILES string of the molecule is O=S(=O)(Oc1cc(F)c(Cc2cccc3cnccc23)c(F)c1)C(F)(F)F. The summed E-state index contributed by atoms with van der Waals surface area (Å²) in [7, 11) is -6.03. The molecule has 0 aliphatic carbocycles. The molecule has 142 valence electrons. The molecule has 0 atom stereocenters. The van der Waals surface area contributed by atoms with Crippen LogP contribution in [0.5, 0.6) is 5.75 Å². The molecule has 0 saturated heterocycles. The Morgan fingerprint density at radius 3 is 2.33 bits per heavy atom. The number of fused-ring (bicyclic) bond motifs is 1. The molecule has 0 amide bonds. The average molecular weight is 403 g/mol. The van der Waals surface area contributed by atoms with Crippen LogP contribution >= 0.6 is 0 Å². The molecule has 1 heterocycles. The zero-order valence-corrected chi connectivity index (χ0v) is 14.1. The monoisotopic (exact) mass is 403 g/mol. The minimum absolute atomic E-state index is 0.203. The smallest absolute Gasteiger partial charge is 0.376 e. The third-order valence-electron chi connectivity index (χ3n) is 3.74. The second kappa shape index (κ2) is 6.76. The van der Waals surface area contributed by atoms with Gasteiger partial charge in [0.1, 0.15) is 17.4 Å². The molecule has 27 heavy (non-hydrogen) atoms. The summed E-state index contributed by atoms with van der Waals surface area (Å²) < 4.78 is 91.2. The highest BCUT2D eigenvalue weighted by atomic mass is 32.2. The van der Waals surface area contributed by atoms with Crippen LogP contribution < -0.4 is 4.18 Å². The number of aromatic nitrogens is 1. The van der Waals surface area contributed by atoms with E-state index in [0.29, 0.717) is 23.1 Å². The van der Waals surface area contributed by atoms with Crippen molar-refractivity contribution in [1.29, 1.82) is 0 Å². The van der Waals surface area contributed by atoms with E-state index in [4.69, 9.17) is 0 Å². The molecular weight excluding hydrogens is 393 g/mol. The van der Waals surface area contributed by atoms with Crippen LogP contribution in [0.15, 0.2) is 48.8 Å². The molecule has 3 aromatic rings. The Balaban J connectivity index is 1.96. The van der Waals surface area contributed by atoms with E-state index in [9.17, 15) is 30.4 Å². The van der Waals surface area contributed by atoms with E-state index in [1.807, 2.05) is 0 Å². The first kappa shape index (κ1) is 19.0. The van der Waals surface area contributed by atoms with Crippen molar-refractivity contribution < 1.29 is 34.6 Å². The van der Waals surface area contributed by atoms with Crippen LogP contribution in [0.2, 0.25) is 0 Å². The second-order valence-corrected chi connectivity index (χ2v) is 7.08. The normalized spacial score (nSPS) is 12.3. The highest BCUT2D eigenvalue weighted by Gasteiger charge is 2.48. The van der Waals surface area contributed by atoms with Gasteiger partial charge in [0.15, 0.2) is 0 Å². The quantitative estimate of drug-likeness (QED) is 0.370. The topological polar surface area (TPSA) is 56.3 Å². The van der Waals surface area contributed by atoms with Crippen molar-refractivity contribution in [1.82, 2.24) is 4.98 Å². The van der Waals surface area contributed by atoms with E-state index in [1.165, 1.54) is 6.20 Å². The lowest BCUT2D eigenvalue weighted by molar-refractivity contribution is -0.0500. The number of hydrogen-bond acceptors (Lipinski definition) is 4. The molecule has 0 fully saturated rings. The summed E-state index contributed by atoms with van der Waals surface area (Å²) in [5.41, 5.74) is -5.59. The summed E-state index contributed by atoms with van der Waals surface area (Å²) in [4.78, 5) is 3.95. The van der Waals surface area contributed by atoms with Crippen molar-refractivity contribution in [2.75, 3.05) is 0 Å². The van der Waals surface area contributed by atoms with E-state index in [1.54, 1.807) is 30.5 Å². The summed E-state index contributed by atoms with van der Waals surface area (Å²) in [6, 6.07) is 7.52. The van der Waals surface area contributed by atoms with Gasteiger partial charge in [-0.3, -0.25) is 4.98 Å². The van der Waals surface area contributed by atoms with E-state index < -0.39 is 38.6 Å². The first-order valence-corrected chi connectivity index (χ1v) is 8.79. The molecule has 0 aliphatic heterocycles. The fraction of sp³-hybridized carbons (Fsp3) is 0.118. The maximum absolute atomic E-state index is 14.3. The molecule has 0 saturated carbocycles. The number of halogens is 5. The molecular formula is C17H10F5NO3S. The Kier molecular flexibility index (Phi) is 4.77. The molecule has 10 heteroatoms. The van der Waals surface area contributed by atoms with E-state index in [-0.39, 0.29) is 6.42 Å². The van der Waals surface area contributed by atoms with Gasteiger partial charge < -0.3 is 4.18 Å². The maximum atomic E-state index is 14.3. The standard InChI is InChI=1S/C17H10F5NO3S/c18-15-7-12(26-27(24,25)17(20,21)22)8-16(19)14(15)6-10-2-1-3-11-9-23-5-4-13(10)11/h1-5,7-9H,6H2. The minimum Gasteiger partial charge on any atom is -0.376 e. The Bertz CT molecular complexity index is 1080. The first-order chi connectivity index (χ1) is 12.6. The highest BCUT2D eigenvalue weighted by molar-refractivity contribution is 7.88. The zero-order valence-electron chi connectivity index (χ0n) is 13.3. The molecule has 3 rings (SSSR count). The van der Waals surface area contributed by atoms with Gasteiger partial charge in [0.25, 0.3) is 0 Å². The molecule has 1 aromatic heterocycles. The van der Waals surface area contributed by atoms with Crippen LogP contribution in [0.1, 0.15) is 11.1 Å². The molecule has 4 nitrogen and oxygen atoms in total. The number of pyridine rings is 1. The van der Waals surface area contributed by atoms with Crippen molar-refractivity contribution in [3.8, 4) is 5.75 Å². The van der Waals surface area contributed by atoms with Gasteiger partial charge in [-0.05, 0) is 17.0 Å². The Morgan fingerprint density at radius 2 is 1.70 bits per heavy atom. The van der Waals surface area contributed by atoms with Gasteiger partial charge in [0.05, 0.1) is 0 Å². The molecule has 0 aliphatic rings. The van der Waals surface area contributed by atoms with E-state index >= 15 is 0 Å². The predicted octanol–water partition coefficient (Wildman–Crippen LogP) is 4.33. The van der Waals surface area contributed by atoms with E-state index in [2.05, 4.69) is 9.17 Å². The van der Waals surface area contributed by atoms with Gasteiger partial charge in [-0.2, -0.15) is 21.6 Å². The summed E-state index contributed by atoms with van der Waals surface area (Å²) in [5, 5.41) is 1.44. The number of rotatable bonds is 4. The number of nitrogens with zero attached hydrogens (tertiary/aromatic N) is 1. The summed E-state index contributed by atoms with van der Waals surface area (Å²) >= 11 is 0. The average Bonchev–Trinajstić information content (AvgIpc) is 2.57. The molecule has 0 unspecified atom stereocenters. The van der Waals surface area contributed by atoms with Gasteiger partial charge in [-0.15, -0.1) is 0 Å². The van der Waals surface area contributed by atoms with Crippen LogP contribution in [0.3, 0.4) is 0 Å². The number of hydrogen-bond donors (Lipinski definition) is 0. The fourth-order valence-electron chi connectivity index (χ4n) is 2.50. The fourth-order valence-corrected chi connectivity index (χ4v) is 2.95. The van der Waals surface area contributed by atoms with Crippen molar-refractivity contribution in [3.63, 3.8) is 0 Å². The van der Waals surface area contributed by atoms with Gasteiger partial charge >= 0.3 is 15.6 Å². The lowest BCUT2D eigenvalue weighted by atomic mass is 9.99. The third-order valence-corrected chi connectivity index (χ3v) is 4.72. The second-order valence-electron chi connectivity index (χ2n) is 5.54. The molecule has 2 aromatic carbocycles. The summed E-state index contributed by atoms with van der Waals surface area (Å²) in [6.07, 6.45) is 2.88. The van der Waals surface area contributed by atoms with Gasteiger partial charge in [0.2, 0.25) is 0 Å². The maximum Gasteiger partial charge on any atom is 0.534 e. The van der Waals surface area contributed by atoms with Crippen LogP contribution in [-0.2, 0) is 16.5 Å².